The van der Waals surface area contributed by atoms with Gasteiger partial charge in [-0.25, -0.2) is 4.79 Å². The van der Waals surface area contributed by atoms with Crippen molar-refractivity contribution in [3.63, 3.8) is 0 Å². The van der Waals surface area contributed by atoms with Gasteiger partial charge < -0.3 is 14.2 Å². The van der Waals surface area contributed by atoms with Gasteiger partial charge in [0.1, 0.15) is 29.3 Å². The zero-order valence-electron chi connectivity index (χ0n) is 17.1. The maximum Gasteiger partial charge on any atom is 0.356 e. The lowest BCUT2D eigenvalue weighted by Gasteiger charge is -2.22. The summed E-state index contributed by atoms with van der Waals surface area (Å²) in [7, 11) is 0. The number of hydrogen-bond donors (Lipinski definition) is 0. The van der Waals surface area contributed by atoms with Gasteiger partial charge in [-0.1, -0.05) is 25.1 Å². The molecule has 0 saturated heterocycles. The monoisotopic (exact) mass is 388 g/mol. The molecule has 0 saturated carbocycles. The molecule has 0 spiro atoms. The van der Waals surface area contributed by atoms with Gasteiger partial charge in [0.05, 0.1) is 19.1 Å². The third kappa shape index (κ3) is 6.40. The Morgan fingerprint density at radius 3 is 2.46 bits per heavy atom. The number of carbonyl (C=O) groups excluding carboxylic acids is 2. The number of aromatic nitrogens is 2. The van der Waals surface area contributed by atoms with Gasteiger partial charge in [-0.15, -0.1) is 0 Å². The maximum atomic E-state index is 12.3. The second-order valence-electron chi connectivity index (χ2n) is 7.46. The highest BCUT2D eigenvalue weighted by Gasteiger charge is 2.25. The van der Waals surface area contributed by atoms with E-state index in [2.05, 4.69) is 5.10 Å². The van der Waals surface area contributed by atoms with E-state index < -0.39 is 17.5 Å². The minimum Gasteiger partial charge on any atom is -0.487 e. The highest BCUT2D eigenvalue weighted by molar-refractivity contribution is 5.87. The third-order valence-corrected chi connectivity index (χ3v) is 3.70. The first-order valence-corrected chi connectivity index (χ1v) is 9.34. The summed E-state index contributed by atoms with van der Waals surface area (Å²) in [5.74, 6) is -0.607. The number of esters is 2. The number of carbonyl (C=O) groups is 2. The van der Waals surface area contributed by atoms with E-state index in [1.165, 1.54) is 4.68 Å². The Hall–Kier alpha value is -2.83. The highest BCUT2D eigenvalue weighted by atomic mass is 16.6. The number of nitrogens with zero attached hydrogens (tertiary/aromatic N) is 2. The quantitative estimate of drug-likeness (QED) is 0.643. The van der Waals surface area contributed by atoms with E-state index in [0.29, 0.717) is 11.4 Å². The van der Waals surface area contributed by atoms with E-state index in [-0.39, 0.29) is 31.4 Å². The fraction of sp³-hybridized carbons (Fsp3) is 0.476. The second-order valence-corrected chi connectivity index (χ2v) is 7.46. The summed E-state index contributed by atoms with van der Waals surface area (Å²) < 4.78 is 17.7. The SMILES string of the molecule is CCOC(=O)c1cc(COc2ccccc2)nn1CC(C)C(=O)OC(C)(C)C. The molecule has 1 heterocycles. The Labute approximate surface area is 165 Å². The van der Waals surface area contributed by atoms with Crippen molar-refractivity contribution in [3.05, 3.63) is 47.8 Å². The van der Waals surface area contributed by atoms with Crippen LogP contribution >= 0.6 is 0 Å². The lowest BCUT2D eigenvalue weighted by atomic mass is 10.1. The Morgan fingerprint density at radius 2 is 1.86 bits per heavy atom. The maximum absolute atomic E-state index is 12.3. The van der Waals surface area contributed by atoms with Crippen molar-refractivity contribution in [2.75, 3.05) is 6.61 Å². The molecule has 2 aromatic rings. The first-order valence-electron chi connectivity index (χ1n) is 9.34. The van der Waals surface area contributed by atoms with Crippen molar-refractivity contribution in [2.45, 2.75) is 53.4 Å². The van der Waals surface area contributed by atoms with E-state index in [0.717, 1.165) is 0 Å². The predicted molar refractivity (Wildman–Crippen MR) is 104 cm³/mol. The molecule has 7 nitrogen and oxygen atoms in total. The van der Waals surface area contributed by atoms with Crippen molar-refractivity contribution in [1.29, 1.82) is 0 Å². The molecule has 152 valence electrons. The van der Waals surface area contributed by atoms with Crippen LogP contribution in [0.3, 0.4) is 0 Å². The zero-order valence-corrected chi connectivity index (χ0v) is 17.1. The first kappa shape index (κ1) is 21.5. The molecule has 0 aliphatic heterocycles. The summed E-state index contributed by atoms with van der Waals surface area (Å²) in [5, 5.41) is 4.43. The first-order chi connectivity index (χ1) is 13.2. The fourth-order valence-electron chi connectivity index (χ4n) is 2.46. The average molecular weight is 388 g/mol. The number of benzene rings is 1. The molecule has 28 heavy (non-hydrogen) atoms. The lowest BCUT2D eigenvalue weighted by Crippen LogP contribution is -2.30. The van der Waals surface area contributed by atoms with E-state index >= 15 is 0 Å². The Balaban J connectivity index is 2.15. The number of hydrogen-bond acceptors (Lipinski definition) is 6. The summed E-state index contributed by atoms with van der Waals surface area (Å²) in [6.07, 6.45) is 0. The van der Waals surface area contributed by atoms with Crippen LogP contribution in [0.2, 0.25) is 0 Å². The molecule has 1 unspecified atom stereocenters. The van der Waals surface area contributed by atoms with Crippen LogP contribution in [0.1, 0.15) is 50.8 Å². The molecular weight excluding hydrogens is 360 g/mol. The smallest absolute Gasteiger partial charge is 0.356 e. The van der Waals surface area contributed by atoms with Crippen molar-refractivity contribution in [2.24, 2.45) is 5.92 Å². The molecule has 1 atom stereocenters. The van der Waals surface area contributed by atoms with Gasteiger partial charge in [-0.05, 0) is 45.9 Å². The van der Waals surface area contributed by atoms with Crippen LogP contribution in [0.5, 0.6) is 5.75 Å². The number of ether oxygens (including phenoxy) is 3. The van der Waals surface area contributed by atoms with Gasteiger partial charge in [-0.2, -0.15) is 5.10 Å². The van der Waals surface area contributed by atoms with Crippen molar-refractivity contribution in [3.8, 4) is 5.75 Å². The van der Waals surface area contributed by atoms with Crippen LogP contribution in [0.4, 0.5) is 0 Å². The molecule has 0 aliphatic carbocycles. The number of rotatable bonds is 8. The molecular formula is C21H28N2O5. The molecule has 0 amide bonds. The number of para-hydroxylation sites is 1. The van der Waals surface area contributed by atoms with Crippen LogP contribution in [0.25, 0.3) is 0 Å². The van der Waals surface area contributed by atoms with E-state index in [1.807, 2.05) is 51.1 Å². The normalized spacial score (nSPS) is 12.3. The Kier molecular flexibility index (Phi) is 7.20. The van der Waals surface area contributed by atoms with Crippen LogP contribution in [0, 0.1) is 5.92 Å². The van der Waals surface area contributed by atoms with Crippen LogP contribution < -0.4 is 4.74 Å². The lowest BCUT2D eigenvalue weighted by molar-refractivity contribution is -0.159. The largest absolute Gasteiger partial charge is 0.487 e. The highest BCUT2D eigenvalue weighted by Crippen LogP contribution is 2.16. The Morgan fingerprint density at radius 1 is 1.18 bits per heavy atom. The van der Waals surface area contributed by atoms with Gasteiger partial charge in [0.15, 0.2) is 0 Å². The molecule has 1 aromatic carbocycles. The summed E-state index contributed by atoms with van der Waals surface area (Å²) in [6, 6.07) is 11.0. The molecule has 7 heteroatoms. The minimum atomic E-state index is -0.575. The molecule has 0 radical (unpaired) electrons. The van der Waals surface area contributed by atoms with Crippen molar-refractivity contribution >= 4 is 11.9 Å². The van der Waals surface area contributed by atoms with Gasteiger partial charge in [0.25, 0.3) is 0 Å². The van der Waals surface area contributed by atoms with E-state index in [4.69, 9.17) is 14.2 Å². The third-order valence-electron chi connectivity index (χ3n) is 3.70. The summed E-state index contributed by atoms with van der Waals surface area (Å²) in [4.78, 5) is 24.6. The summed E-state index contributed by atoms with van der Waals surface area (Å²) >= 11 is 0. The van der Waals surface area contributed by atoms with Crippen LogP contribution in [0.15, 0.2) is 36.4 Å². The predicted octanol–water partition coefficient (Wildman–Crippen LogP) is 3.62. The van der Waals surface area contributed by atoms with Gasteiger partial charge in [0, 0.05) is 0 Å². The average Bonchev–Trinajstić information content (AvgIpc) is 3.02. The molecule has 0 bridgehead atoms. The minimum absolute atomic E-state index is 0.199. The van der Waals surface area contributed by atoms with Gasteiger partial charge in [-0.3, -0.25) is 9.48 Å². The Bertz CT molecular complexity index is 793. The molecule has 0 N–H and O–H groups in total. The van der Waals surface area contributed by atoms with Crippen molar-refractivity contribution in [1.82, 2.24) is 9.78 Å². The second kappa shape index (κ2) is 9.39. The van der Waals surface area contributed by atoms with E-state index in [9.17, 15) is 9.59 Å². The van der Waals surface area contributed by atoms with Gasteiger partial charge in [0.2, 0.25) is 0 Å². The van der Waals surface area contributed by atoms with Crippen molar-refractivity contribution < 1.29 is 23.8 Å². The molecule has 0 aliphatic rings. The van der Waals surface area contributed by atoms with Crippen LogP contribution in [-0.2, 0) is 27.4 Å². The van der Waals surface area contributed by atoms with Gasteiger partial charge >= 0.3 is 11.9 Å². The van der Waals surface area contributed by atoms with E-state index in [1.54, 1.807) is 19.9 Å². The van der Waals surface area contributed by atoms with Crippen LogP contribution in [-0.4, -0.2) is 33.9 Å². The molecule has 1 aromatic heterocycles. The zero-order chi connectivity index (χ0) is 20.7. The standard InChI is InChI=1S/C21H28N2O5/c1-6-26-20(25)18-12-16(14-27-17-10-8-7-9-11-17)22-23(18)13-15(2)19(24)28-21(3,4)5/h7-12,15H,6,13-14H2,1-5H3. The summed E-state index contributed by atoms with van der Waals surface area (Å²) in [5.41, 5.74) is 0.279. The fourth-order valence-corrected chi connectivity index (χ4v) is 2.46. The topological polar surface area (TPSA) is 79.7 Å². The molecule has 2 rings (SSSR count). The summed E-state index contributed by atoms with van der Waals surface area (Å²) in [6.45, 7) is 9.57. The molecule has 0 fully saturated rings.